The van der Waals surface area contributed by atoms with Crippen LogP contribution in [-0.4, -0.2) is 15.0 Å². The smallest absolute Gasteiger partial charge is 0.227 e. The molecule has 0 saturated heterocycles. The molecule has 6 nitrogen and oxygen atoms in total. The lowest BCUT2D eigenvalue weighted by Gasteiger charge is -1.99. The molecule has 0 unspecified atom stereocenters. The first-order valence-electron chi connectivity index (χ1n) is 12.6. The third kappa shape index (κ3) is 5.55. The summed E-state index contributed by atoms with van der Waals surface area (Å²) in [6.45, 7) is 4.11. The van der Waals surface area contributed by atoms with Gasteiger partial charge in [0.15, 0.2) is 17.6 Å². The van der Waals surface area contributed by atoms with Crippen molar-refractivity contribution in [3.8, 4) is 22.9 Å². The lowest BCUT2D eigenvalue weighted by molar-refractivity contribution is 0.558. The number of hydrogen-bond acceptors (Lipinski definition) is 6. The Balaban J connectivity index is 0.000000500. The SMILES string of the molecule is Cc1ccc2oc(-c3ccc(/C=C/c4ccc(-c5nc6cc(C)ccc6o5)cc4)cc3)nc2c1.c1cocn1. The number of rotatable bonds is 4. The van der Waals surface area contributed by atoms with Crippen molar-refractivity contribution < 1.29 is 13.3 Å². The predicted molar refractivity (Wildman–Crippen MR) is 154 cm³/mol. The second-order valence-corrected chi connectivity index (χ2v) is 9.23. The zero-order valence-corrected chi connectivity index (χ0v) is 21.5. The van der Waals surface area contributed by atoms with Crippen LogP contribution in [0.25, 0.3) is 57.3 Å². The van der Waals surface area contributed by atoms with Gasteiger partial charge in [0.05, 0.1) is 6.20 Å². The molecule has 0 atom stereocenters. The van der Waals surface area contributed by atoms with Crippen LogP contribution < -0.4 is 0 Å². The fraction of sp³-hybridized carbons (Fsp3) is 0.0606. The van der Waals surface area contributed by atoms with E-state index in [9.17, 15) is 0 Å². The summed E-state index contributed by atoms with van der Waals surface area (Å²) in [4.78, 5) is 12.8. The van der Waals surface area contributed by atoms with E-state index in [1.54, 1.807) is 6.20 Å². The zero-order chi connectivity index (χ0) is 26.6. The minimum absolute atomic E-state index is 0.640. The minimum atomic E-state index is 0.640. The highest BCUT2D eigenvalue weighted by Gasteiger charge is 2.09. The van der Waals surface area contributed by atoms with Gasteiger partial charge in [-0.3, -0.25) is 0 Å². The molecule has 190 valence electrons. The number of nitrogens with zero attached hydrogens (tertiary/aromatic N) is 3. The maximum atomic E-state index is 5.91. The van der Waals surface area contributed by atoms with Crippen molar-refractivity contribution in [2.75, 3.05) is 0 Å². The summed E-state index contributed by atoms with van der Waals surface area (Å²) < 4.78 is 16.3. The highest BCUT2D eigenvalue weighted by molar-refractivity contribution is 5.79. The van der Waals surface area contributed by atoms with Crippen LogP contribution in [-0.2, 0) is 0 Å². The Hall–Kier alpha value is -5.23. The first-order chi connectivity index (χ1) is 19.1. The van der Waals surface area contributed by atoms with Crippen LogP contribution in [0.5, 0.6) is 0 Å². The van der Waals surface area contributed by atoms with Gasteiger partial charge in [0.1, 0.15) is 17.3 Å². The Labute approximate surface area is 225 Å². The van der Waals surface area contributed by atoms with E-state index in [0.29, 0.717) is 11.8 Å². The van der Waals surface area contributed by atoms with Gasteiger partial charge in [-0.15, -0.1) is 0 Å². The highest BCUT2D eigenvalue weighted by atomic mass is 16.4. The van der Waals surface area contributed by atoms with E-state index in [-0.39, 0.29) is 0 Å². The van der Waals surface area contributed by atoms with E-state index >= 15 is 0 Å². The molecular formula is C33H25N3O3. The van der Waals surface area contributed by atoms with E-state index < -0.39 is 0 Å². The molecule has 6 heteroatoms. The molecule has 3 aromatic heterocycles. The number of aryl methyl sites for hydroxylation is 2. The lowest BCUT2D eigenvalue weighted by Crippen LogP contribution is -1.80. The van der Waals surface area contributed by atoms with Crippen molar-refractivity contribution in [2.45, 2.75) is 13.8 Å². The van der Waals surface area contributed by atoms with E-state index in [4.69, 9.17) is 8.83 Å². The van der Waals surface area contributed by atoms with Crippen molar-refractivity contribution >= 4 is 34.4 Å². The van der Waals surface area contributed by atoms with Crippen LogP contribution >= 0.6 is 0 Å². The van der Waals surface area contributed by atoms with Crippen LogP contribution in [0.2, 0.25) is 0 Å². The number of oxazole rings is 3. The number of benzene rings is 4. The molecule has 0 aliphatic heterocycles. The van der Waals surface area contributed by atoms with E-state index in [0.717, 1.165) is 44.5 Å². The topological polar surface area (TPSA) is 78.1 Å². The predicted octanol–water partition coefficient (Wildman–Crippen LogP) is 8.76. The van der Waals surface area contributed by atoms with Gasteiger partial charge in [-0.05, 0) is 84.6 Å². The third-order valence-corrected chi connectivity index (χ3v) is 6.22. The Kier molecular flexibility index (Phi) is 6.58. The van der Waals surface area contributed by atoms with Crippen LogP contribution in [0, 0.1) is 13.8 Å². The molecule has 7 aromatic rings. The molecule has 0 spiro atoms. The quantitative estimate of drug-likeness (QED) is 0.220. The van der Waals surface area contributed by atoms with Gasteiger partial charge >= 0.3 is 0 Å². The molecule has 0 radical (unpaired) electrons. The van der Waals surface area contributed by atoms with Crippen LogP contribution in [0.3, 0.4) is 0 Å². The van der Waals surface area contributed by atoms with Crippen molar-refractivity contribution in [1.82, 2.24) is 15.0 Å². The average molecular weight is 512 g/mol. The molecule has 3 heterocycles. The summed E-state index contributed by atoms with van der Waals surface area (Å²) >= 11 is 0. The minimum Gasteiger partial charge on any atom is -0.452 e. The maximum absolute atomic E-state index is 5.91. The zero-order valence-electron chi connectivity index (χ0n) is 21.5. The maximum Gasteiger partial charge on any atom is 0.227 e. The van der Waals surface area contributed by atoms with Gasteiger partial charge in [0.2, 0.25) is 11.8 Å². The standard InChI is InChI=1S/C30H22N2O2.C3H3NO/c1-19-3-15-27-25(17-19)31-29(33-27)23-11-7-21(8-12-23)5-6-22-9-13-24(14-10-22)30-32-26-18-20(2)4-16-28(26)34-30;1-2-5-3-4-1/h3-18H,1-2H3;1-3H/b6-5+;. The average Bonchev–Trinajstić information content (AvgIpc) is 3.74. The van der Waals surface area contributed by atoms with Crippen LogP contribution in [0.1, 0.15) is 22.3 Å². The van der Waals surface area contributed by atoms with Crippen molar-refractivity contribution in [1.29, 1.82) is 0 Å². The van der Waals surface area contributed by atoms with Gasteiger partial charge in [-0.1, -0.05) is 48.6 Å². The summed E-state index contributed by atoms with van der Waals surface area (Å²) in [6.07, 6.45) is 8.66. The molecule has 0 fully saturated rings. The Morgan fingerprint density at radius 1 is 0.590 bits per heavy atom. The molecule has 39 heavy (non-hydrogen) atoms. The fourth-order valence-electron chi connectivity index (χ4n) is 4.16. The molecule has 0 aliphatic carbocycles. The molecule has 7 rings (SSSR count). The van der Waals surface area contributed by atoms with Gasteiger partial charge in [0, 0.05) is 11.1 Å². The van der Waals surface area contributed by atoms with Gasteiger partial charge in [-0.2, -0.15) is 0 Å². The van der Waals surface area contributed by atoms with Crippen LogP contribution in [0.4, 0.5) is 0 Å². The first kappa shape index (κ1) is 24.1. The Bertz CT molecular complexity index is 1720. The molecule has 0 amide bonds. The normalized spacial score (nSPS) is 11.2. The number of hydrogen-bond donors (Lipinski definition) is 0. The van der Waals surface area contributed by atoms with Crippen molar-refractivity contribution in [3.05, 3.63) is 126 Å². The molecule has 0 aliphatic rings. The van der Waals surface area contributed by atoms with E-state index in [1.165, 1.54) is 23.8 Å². The van der Waals surface area contributed by atoms with Crippen LogP contribution in [0.15, 0.2) is 117 Å². The van der Waals surface area contributed by atoms with Gasteiger partial charge in [-0.25, -0.2) is 15.0 Å². The molecule has 0 N–H and O–H groups in total. The molecule has 0 bridgehead atoms. The summed E-state index contributed by atoms with van der Waals surface area (Å²) in [5, 5.41) is 0. The summed E-state index contributed by atoms with van der Waals surface area (Å²) in [6, 6.07) is 28.5. The summed E-state index contributed by atoms with van der Waals surface area (Å²) in [7, 11) is 0. The van der Waals surface area contributed by atoms with Gasteiger partial charge in [0.25, 0.3) is 0 Å². The first-order valence-corrected chi connectivity index (χ1v) is 12.6. The monoisotopic (exact) mass is 511 g/mol. The van der Waals surface area contributed by atoms with E-state index in [1.807, 2.05) is 60.7 Å². The fourth-order valence-corrected chi connectivity index (χ4v) is 4.16. The highest BCUT2D eigenvalue weighted by Crippen LogP contribution is 2.27. The Morgan fingerprint density at radius 3 is 1.46 bits per heavy atom. The molecule has 4 aromatic carbocycles. The van der Waals surface area contributed by atoms with Crippen molar-refractivity contribution in [3.63, 3.8) is 0 Å². The summed E-state index contributed by atoms with van der Waals surface area (Å²) in [5.74, 6) is 1.28. The second-order valence-electron chi connectivity index (χ2n) is 9.23. The molecule has 0 saturated carbocycles. The van der Waals surface area contributed by atoms with E-state index in [2.05, 4.69) is 69.6 Å². The third-order valence-electron chi connectivity index (χ3n) is 6.22. The molecular weight excluding hydrogens is 486 g/mol. The lowest BCUT2D eigenvalue weighted by atomic mass is 10.1. The van der Waals surface area contributed by atoms with Crippen molar-refractivity contribution in [2.24, 2.45) is 0 Å². The second kappa shape index (κ2) is 10.6. The number of aromatic nitrogens is 3. The Morgan fingerprint density at radius 2 is 1.08 bits per heavy atom. The number of fused-ring (bicyclic) bond motifs is 2. The van der Waals surface area contributed by atoms with Gasteiger partial charge < -0.3 is 13.3 Å². The summed E-state index contributed by atoms with van der Waals surface area (Å²) in [5.41, 5.74) is 9.86. The largest absolute Gasteiger partial charge is 0.452 e.